The molecule has 1 amide bonds. The van der Waals surface area contributed by atoms with Crippen molar-refractivity contribution in [3.05, 3.63) is 40.9 Å². The van der Waals surface area contributed by atoms with Crippen LogP contribution in [0.4, 0.5) is 0 Å². The third kappa shape index (κ3) is 4.07. The van der Waals surface area contributed by atoms with E-state index in [2.05, 4.69) is 10.3 Å². The Labute approximate surface area is 146 Å². The van der Waals surface area contributed by atoms with Crippen LogP contribution in [-0.2, 0) is 11.3 Å². The highest BCUT2D eigenvalue weighted by Gasteiger charge is 2.27. The zero-order chi connectivity index (χ0) is 17.8. The van der Waals surface area contributed by atoms with Gasteiger partial charge >= 0.3 is 0 Å². The summed E-state index contributed by atoms with van der Waals surface area (Å²) >= 11 is 0. The number of amides is 1. The van der Waals surface area contributed by atoms with Crippen LogP contribution >= 0.6 is 0 Å². The van der Waals surface area contributed by atoms with E-state index < -0.39 is 0 Å². The van der Waals surface area contributed by atoms with Gasteiger partial charge in [0.1, 0.15) is 0 Å². The molecular weight excluding hydrogens is 318 g/mol. The van der Waals surface area contributed by atoms with Crippen molar-refractivity contribution in [2.45, 2.75) is 45.2 Å². The SMILES string of the molecule is C[C@@H](CO)NC(=O)C1CCC(Cn2cnc3ccccc3c2=O)CC1. The molecule has 0 radical (unpaired) electrons. The van der Waals surface area contributed by atoms with Crippen LogP contribution in [0.15, 0.2) is 35.4 Å². The van der Waals surface area contributed by atoms with Gasteiger partial charge < -0.3 is 10.4 Å². The molecule has 1 aromatic heterocycles. The van der Waals surface area contributed by atoms with E-state index in [1.807, 2.05) is 24.3 Å². The molecule has 0 spiro atoms. The summed E-state index contributed by atoms with van der Waals surface area (Å²) in [5.41, 5.74) is 0.726. The number of hydrogen-bond acceptors (Lipinski definition) is 4. The molecular formula is C19H25N3O3. The number of carbonyl (C=O) groups is 1. The Morgan fingerprint density at radius 1 is 1.32 bits per heavy atom. The van der Waals surface area contributed by atoms with E-state index in [-0.39, 0.29) is 30.0 Å². The van der Waals surface area contributed by atoms with E-state index in [9.17, 15) is 9.59 Å². The number of aliphatic hydroxyl groups excluding tert-OH is 1. The lowest BCUT2D eigenvalue weighted by Gasteiger charge is -2.28. The minimum atomic E-state index is -0.201. The van der Waals surface area contributed by atoms with Gasteiger partial charge in [-0.05, 0) is 50.7 Å². The number of rotatable bonds is 5. The molecule has 1 aliphatic rings. The third-order valence-electron chi connectivity index (χ3n) is 5.07. The number of nitrogens with zero attached hydrogens (tertiary/aromatic N) is 2. The Balaban J connectivity index is 1.60. The second-order valence-electron chi connectivity index (χ2n) is 7.03. The first-order valence-corrected chi connectivity index (χ1v) is 8.94. The molecule has 25 heavy (non-hydrogen) atoms. The van der Waals surface area contributed by atoms with Gasteiger partial charge in [0.25, 0.3) is 5.56 Å². The van der Waals surface area contributed by atoms with Gasteiger partial charge in [0.05, 0.1) is 23.8 Å². The van der Waals surface area contributed by atoms with E-state index in [4.69, 9.17) is 5.11 Å². The molecule has 6 nitrogen and oxygen atoms in total. The number of aliphatic hydroxyl groups is 1. The molecule has 1 aromatic carbocycles. The van der Waals surface area contributed by atoms with Gasteiger partial charge in [-0.3, -0.25) is 14.2 Å². The maximum Gasteiger partial charge on any atom is 0.261 e. The van der Waals surface area contributed by atoms with Gasteiger partial charge in [0, 0.05) is 18.5 Å². The fourth-order valence-corrected chi connectivity index (χ4v) is 3.53. The summed E-state index contributed by atoms with van der Waals surface area (Å²) in [5.74, 6) is 0.432. The minimum absolute atomic E-state index is 0.00207. The standard InChI is InChI=1S/C19H25N3O3/c1-13(11-23)21-18(24)15-8-6-14(7-9-15)10-22-12-20-17-5-3-2-4-16(17)19(22)25/h2-5,12-15,23H,6-11H2,1H3,(H,21,24)/t13-,14?,15?/m0/s1. The number of carbonyl (C=O) groups excluding carboxylic acids is 1. The lowest BCUT2D eigenvalue weighted by molar-refractivity contribution is -0.127. The molecule has 134 valence electrons. The first-order valence-electron chi connectivity index (χ1n) is 8.94. The number of fused-ring (bicyclic) bond motifs is 1. The van der Waals surface area contributed by atoms with Crippen molar-refractivity contribution in [1.82, 2.24) is 14.9 Å². The number of nitrogens with one attached hydrogen (secondary N) is 1. The molecule has 0 saturated heterocycles. The van der Waals surface area contributed by atoms with Crippen LogP contribution in [0.3, 0.4) is 0 Å². The monoisotopic (exact) mass is 343 g/mol. The lowest BCUT2D eigenvalue weighted by atomic mass is 9.81. The van der Waals surface area contributed by atoms with E-state index >= 15 is 0 Å². The molecule has 3 rings (SSSR count). The van der Waals surface area contributed by atoms with Crippen molar-refractivity contribution in [2.24, 2.45) is 11.8 Å². The molecule has 0 aliphatic heterocycles. The minimum Gasteiger partial charge on any atom is -0.394 e. The molecule has 1 fully saturated rings. The normalized spacial score (nSPS) is 21.8. The van der Waals surface area contributed by atoms with Gasteiger partial charge in [-0.1, -0.05) is 12.1 Å². The summed E-state index contributed by atoms with van der Waals surface area (Å²) in [6.07, 6.45) is 5.12. The quantitative estimate of drug-likeness (QED) is 0.865. The molecule has 0 bridgehead atoms. The molecule has 0 unspecified atom stereocenters. The molecule has 6 heteroatoms. The van der Waals surface area contributed by atoms with E-state index in [0.29, 0.717) is 17.8 Å². The van der Waals surface area contributed by atoms with Crippen molar-refractivity contribution < 1.29 is 9.90 Å². The summed E-state index contributed by atoms with van der Waals surface area (Å²) < 4.78 is 1.70. The van der Waals surface area contributed by atoms with Crippen LogP contribution in [0.1, 0.15) is 32.6 Å². The number of hydrogen-bond donors (Lipinski definition) is 2. The average Bonchev–Trinajstić information content (AvgIpc) is 2.64. The summed E-state index contributed by atoms with van der Waals surface area (Å²) in [5, 5.41) is 12.5. The van der Waals surface area contributed by atoms with Crippen LogP contribution < -0.4 is 10.9 Å². The van der Waals surface area contributed by atoms with Crippen LogP contribution in [0.5, 0.6) is 0 Å². The van der Waals surface area contributed by atoms with Crippen molar-refractivity contribution >= 4 is 16.8 Å². The van der Waals surface area contributed by atoms with E-state index in [1.165, 1.54) is 0 Å². The van der Waals surface area contributed by atoms with E-state index in [1.54, 1.807) is 17.8 Å². The largest absolute Gasteiger partial charge is 0.394 e. The second kappa shape index (κ2) is 7.78. The first kappa shape index (κ1) is 17.6. The van der Waals surface area contributed by atoms with Crippen LogP contribution in [-0.4, -0.2) is 33.2 Å². The number of benzene rings is 1. The van der Waals surface area contributed by atoms with Crippen LogP contribution in [0, 0.1) is 11.8 Å². The Morgan fingerprint density at radius 3 is 2.76 bits per heavy atom. The molecule has 1 heterocycles. The van der Waals surface area contributed by atoms with Crippen molar-refractivity contribution in [1.29, 1.82) is 0 Å². The number of para-hydroxylation sites is 1. The highest BCUT2D eigenvalue weighted by molar-refractivity contribution is 5.79. The van der Waals surface area contributed by atoms with E-state index in [0.717, 1.165) is 31.2 Å². The molecule has 2 aromatic rings. The molecule has 2 N–H and O–H groups in total. The fraction of sp³-hybridized carbons (Fsp3) is 0.526. The van der Waals surface area contributed by atoms with Gasteiger partial charge in [-0.2, -0.15) is 0 Å². The van der Waals surface area contributed by atoms with Crippen molar-refractivity contribution in [3.63, 3.8) is 0 Å². The predicted octanol–water partition coefficient (Wildman–Crippen LogP) is 1.70. The topological polar surface area (TPSA) is 84.2 Å². The van der Waals surface area contributed by atoms with Gasteiger partial charge in [-0.15, -0.1) is 0 Å². The highest BCUT2D eigenvalue weighted by atomic mass is 16.3. The molecule has 1 aliphatic carbocycles. The number of aromatic nitrogens is 2. The average molecular weight is 343 g/mol. The summed E-state index contributed by atoms with van der Waals surface area (Å²) in [4.78, 5) is 29.1. The Kier molecular flexibility index (Phi) is 5.48. The van der Waals surface area contributed by atoms with Crippen molar-refractivity contribution in [3.8, 4) is 0 Å². The third-order valence-corrected chi connectivity index (χ3v) is 5.07. The highest BCUT2D eigenvalue weighted by Crippen LogP contribution is 2.29. The summed E-state index contributed by atoms with van der Waals surface area (Å²) in [6.45, 7) is 2.40. The molecule has 1 saturated carbocycles. The van der Waals surface area contributed by atoms with Gasteiger partial charge in [0.2, 0.25) is 5.91 Å². The van der Waals surface area contributed by atoms with Gasteiger partial charge in [-0.25, -0.2) is 4.98 Å². The Bertz CT molecular complexity index is 794. The Hall–Kier alpha value is -2.21. The van der Waals surface area contributed by atoms with Crippen LogP contribution in [0.2, 0.25) is 0 Å². The van der Waals surface area contributed by atoms with Crippen molar-refractivity contribution in [2.75, 3.05) is 6.61 Å². The maximum atomic E-state index is 12.6. The predicted molar refractivity (Wildman–Crippen MR) is 96.1 cm³/mol. The zero-order valence-corrected chi connectivity index (χ0v) is 14.5. The lowest BCUT2D eigenvalue weighted by Crippen LogP contribution is -2.40. The van der Waals surface area contributed by atoms with Crippen LogP contribution in [0.25, 0.3) is 10.9 Å². The second-order valence-corrected chi connectivity index (χ2v) is 7.03. The fourth-order valence-electron chi connectivity index (χ4n) is 3.53. The first-order chi connectivity index (χ1) is 12.1. The summed E-state index contributed by atoms with van der Waals surface area (Å²) in [6, 6.07) is 7.19. The smallest absolute Gasteiger partial charge is 0.261 e. The Morgan fingerprint density at radius 2 is 2.04 bits per heavy atom. The molecule has 1 atom stereocenters. The van der Waals surface area contributed by atoms with Gasteiger partial charge in [0.15, 0.2) is 0 Å². The summed E-state index contributed by atoms with van der Waals surface area (Å²) in [7, 11) is 0. The maximum absolute atomic E-state index is 12.6. The zero-order valence-electron chi connectivity index (χ0n) is 14.5.